The van der Waals surface area contributed by atoms with E-state index in [9.17, 15) is 9.18 Å². The first-order valence-corrected chi connectivity index (χ1v) is 7.85. The zero-order valence-electron chi connectivity index (χ0n) is 13.0. The summed E-state index contributed by atoms with van der Waals surface area (Å²) in [7, 11) is 0. The molecule has 0 spiro atoms. The fourth-order valence-corrected chi connectivity index (χ4v) is 3.22. The smallest absolute Gasteiger partial charge is 0.271 e. The molecule has 0 saturated carbocycles. The van der Waals surface area contributed by atoms with Gasteiger partial charge in [-0.1, -0.05) is 0 Å². The Labute approximate surface area is 138 Å². The Kier molecular flexibility index (Phi) is 3.34. The largest absolute Gasteiger partial charge is 0.483 e. The van der Waals surface area contributed by atoms with Crippen LogP contribution in [0.4, 0.5) is 15.8 Å². The van der Waals surface area contributed by atoms with Crippen molar-refractivity contribution in [1.82, 2.24) is 5.43 Å². The molecule has 9 heteroatoms. The van der Waals surface area contributed by atoms with Gasteiger partial charge in [0.2, 0.25) is 0 Å². The summed E-state index contributed by atoms with van der Waals surface area (Å²) >= 11 is 0. The third-order valence-corrected chi connectivity index (χ3v) is 4.69. The molecule has 1 amide bonds. The van der Waals surface area contributed by atoms with Crippen LogP contribution < -0.4 is 20.4 Å². The lowest BCUT2D eigenvalue weighted by molar-refractivity contribution is -0.122. The van der Waals surface area contributed by atoms with Crippen LogP contribution in [0.25, 0.3) is 0 Å². The molecular weight excluding hydrogens is 312 g/mol. The predicted molar refractivity (Wildman–Crippen MR) is 87.8 cm³/mol. The normalized spacial score (nSPS) is 22.3. The Hall–Kier alpha value is -2.76. The molecule has 1 aromatic rings. The van der Waals surface area contributed by atoms with Gasteiger partial charge in [0, 0.05) is 18.1 Å². The molecule has 4 rings (SSSR count). The lowest BCUT2D eigenvalue weighted by atomic mass is 9.34. The number of hydrogen-bond acceptors (Lipinski definition) is 6. The molecule has 1 atom stereocenters. The van der Waals surface area contributed by atoms with Crippen LogP contribution in [0, 0.1) is 17.0 Å². The zero-order valence-corrected chi connectivity index (χ0v) is 13.0. The molecule has 3 heterocycles. The van der Waals surface area contributed by atoms with Gasteiger partial charge in [-0.3, -0.25) is 4.79 Å². The number of hydrazone groups is 1. The molecule has 7 nitrogen and oxygen atoms in total. The number of nitrogens with zero attached hydrogens (tertiary/aromatic N) is 3. The van der Waals surface area contributed by atoms with E-state index >= 15 is 0 Å². The molecule has 3 aliphatic rings. The van der Waals surface area contributed by atoms with Gasteiger partial charge in [-0.25, -0.2) is 15.1 Å². The van der Waals surface area contributed by atoms with E-state index in [-0.39, 0.29) is 25.3 Å². The summed E-state index contributed by atoms with van der Waals surface area (Å²) in [4.78, 5) is 13.7. The van der Waals surface area contributed by atoms with E-state index in [4.69, 9.17) is 10.00 Å². The van der Waals surface area contributed by atoms with Crippen LogP contribution in [0.1, 0.15) is 6.92 Å². The first kappa shape index (κ1) is 14.8. The maximum absolute atomic E-state index is 14.3. The summed E-state index contributed by atoms with van der Waals surface area (Å²) in [6.07, 6.45) is 1.41. The van der Waals surface area contributed by atoms with Crippen LogP contribution in [-0.2, 0) is 4.79 Å². The van der Waals surface area contributed by atoms with Crippen LogP contribution in [0.15, 0.2) is 17.2 Å². The Balaban J connectivity index is 1.66. The highest BCUT2D eigenvalue weighted by atomic mass is 19.1. The number of carbonyl (C=O) groups is 1. The van der Waals surface area contributed by atoms with E-state index in [0.717, 1.165) is 0 Å². The molecule has 1 aromatic carbocycles. The van der Waals surface area contributed by atoms with E-state index in [1.54, 1.807) is 17.9 Å². The molecular formula is C15H15BFN5O2. The molecule has 0 bridgehead atoms. The summed E-state index contributed by atoms with van der Waals surface area (Å²) < 4.78 is 19.9. The lowest BCUT2D eigenvalue weighted by Crippen LogP contribution is -2.55. The van der Waals surface area contributed by atoms with Gasteiger partial charge in [0.1, 0.15) is 24.2 Å². The van der Waals surface area contributed by atoms with Gasteiger partial charge >= 0.3 is 0 Å². The van der Waals surface area contributed by atoms with Crippen LogP contribution in [0.2, 0.25) is 12.6 Å². The number of anilines is 2. The molecule has 0 aromatic heterocycles. The molecule has 1 saturated heterocycles. The van der Waals surface area contributed by atoms with E-state index < -0.39 is 11.9 Å². The summed E-state index contributed by atoms with van der Waals surface area (Å²) in [5.41, 5.74) is 3.42. The second-order valence-corrected chi connectivity index (χ2v) is 6.28. The standard InChI is InChI=1S/C15H15BFN5O2/c1-8-15(23)21-20-14-6-24-13-2-10(17)11(3-12(13)22(8)14)19-9-4-16(5-9)7-18/h2-3,8-9,19H,4-6H2,1H3,(H,21,23). The topological polar surface area (TPSA) is 89.7 Å². The number of amides is 1. The lowest BCUT2D eigenvalue weighted by Gasteiger charge is -2.38. The Morgan fingerprint density at radius 2 is 2.33 bits per heavy atom. The van der Waals surface area contributed by atoms with Crippen molar-refractivity contribution in [2.45, 2.75) is 31.6 Å². The van der Waals surface area contributed by atoms with Gasteiger partial charge in [0.25, 0.3) is 12.6 Å². The highest BCUT2D eigenvalue weighted by molar-refractivity contribution is 6.70. The number of carbonyl (C=O) groups excluding carboxylic acids is 1. The first-order valence-electron chi connectivity index (χ1n) is 7.85. The third-order valence-electron chi connectivity index (χ3n) is 4.69. The fraction of sp³-hybridized carbons (Fsp3) is 0.400. The average molecular weight is 327 g/mol. The molecule has 3 aliphatic heterocycles. The number of halogens is 1. The van der Waals surface area contributed by atoms with Gasteiger partial charge in [-0.2, -0.15) is 5.10 Å². The summed E-state index contributed by atoms with van der Waals surface area (Å²) in [5.74, 6) is 2.55. The molecule has 1 fully saturated rings. The van der Waals surface area contributed by atoms with Crippen molar-refractivity contribution in [3.8, 4) is 11.7 Å². The van der Waals surface area contributed by atoms with Crippen molar-refractivity contribution in [1.29, 1.82) is 5.26 Å². The van der Waals surface area contributed by atoms with E-state index in [1.807, 2.05) is 0 Å². The predicted octanol–water partition coefficient (Wildman–Crippen LogP) is 1.21. The minimum Gasteiger partial charge on any atom is -0.483 e. The van der Waals surface area contributed by atoms with Gasteiger partial charge in [0.15, 0.2) is 5.84 Å². The molecule has 1 unspecified atom stereocenters. The number of hydrogen-bond donors (Lipinski definition) is 2. The van der Waals surface area contributed by atoms with Gasteiger partial charge in [-0.15, -0.1) is 0 Å². The summed E-state index contributed by atoms with van der Waals surface area (Å²) in [5, 5.41) is 16.0. The van der Waals surface area contributed by atoms with Crippen molar-refractivity contribution < 1.29 is 13.9 Å². The second-order valence-electron chi connectivity index (χ2n) is 6.28. The number of fused-ring (bicyclic) bond motifs is 3. The number of rotatable bonds is 2. The molecule has 24 heavy (non-hydrogen) atoms. The minimum atomic E-state index is -0.454. The molecule has 2 N–H and O–H groups in total. The average Bonchev–Trinajstić information content (AvgIpc) is 2.54. The molecule has 0 radical (unpaired) electrons. The fourth-order valence-electron chi connectivity index (χ4n) is 3.22. The summed E-state index contributed by atoms with van der Waals surface area (Å²) in [6.45, 7) is 1.98. The molecule has 122 valence electrons. The highest BCUT2D eigenvalue weighted by Crippen LogP contribution is 2.39. The third kappa shape index (κ3) is 2.26. The van der Waals surface area contributed by atoms with Crippen LogP contribution in [-0.4, -0.2) is 37.1 Å². The second kappa shape index (κ2) is 5.41. The number of nitrogens with one attached hydrogen (secondary N) is 2. The van der Waals surface area contributed by atoms with Crippen molar-refractivity contribution in [2.75, 3.05) is 16.8 Å². The van der Waals surface area contributed by atoms with E-state index in [2.05, 4.69) is 21.8 Å². The quantitative estimate of drug-likeness (QED) is 0.797. The number of nitriles is 1. The maximum Gasteiger partial charge on any atom is 0.271 e. The van der Waals surface area contributed by atoms with Gasteiger partial charge in [0.05, 0.1) is 11.4 Å². The Bertz CT molecular complexity index is 787. The van der Waals surface area contributed by atoms with Crippen LogP contribution in [0.5, 0.6) is 5.75 Å². The monoisotopic (exact) mass is 327 g/mol. The summed E-state index contributed by atoms with van der Waals surface area (Å²) in [6, 6.07) is 2.61. The molecule has 0 aliphatic carbocycles. The highest BCUT2D eigenvalue weighted by Gasteiger charge is 2.37. The van der Waals surface area contributed by atoms with Crippen molar-refractivity contribution in [3.63, 3.8) is 0 Å². The number of amidine groups is 1. The Morgan fingerprint density at radius 3 is 3.08 bits per heavy atom. The van der Waals surface area contributed by atoms with Crippen molar-refractivity contribution in [3.05, 3.63) is 17.9 Å². The van der Waals surface area contributed by atoms with Gasteiger partial charge < -0.3 is 15.0 Å². The Morgan fingerprint density at radius 1 is 1.54 bits per heavy atom. The number of benzene rings is 1. The SMILES string of the molecule is CC1C(=O)NN=C2COc3cc(F)c(NC4CB(C#N)C4)cc3N21. The van der Waals surface area contributed by atoms with Crippen molar-refractivity contribution >= 4 is 29.8 Å². The van der Waals surface area contributed by atoms with Gasteiger partial charge in [-0.05, 0) is 25.6 Å². The maximum atomic E-state index is 14.3. The van der Waals surface area contributed by atoms with Crippen LogP contribution in [0.3, 0.4) is 0 Å². The number of ether oxygens (including phenoxy) is 1. The first-order chi connectivity index (χ1) is 11.6. The van der Waals surface area contributed by atoms with Crippen LogP contribution >= 0.6 is 0 Å². The zero-order chi connectivity index (χ0) is 16.8. The minimum absolute atomic E-state index is 0.0380. The van der Waals surface area contributed by atoms with E-state index in [0.29, 0.717) is 35.6 Å². The van der Waals surface area contributed by atoms with Crippen molar-refractivity contribution in [2.24, 2.45) is 5.10 Å². The van der Waals surface area contributed by atoms with E-state index in [1.165, 1.54) is 6.07 Å².